The third-order valence-electron chi connectivity index (χ3n) is 3.98. The van der Waals surface area contributed by atoms with Crippen LogP contribution in [0.25, 0.3) is 0 Å². The Labute approximate surface area is 163 Å². The van der Waals surface area contributed by atoms with E-state index in [1.807, 2.05) is 30.3 Å². The van der Waals surface area contributed by atoms with Gasteiger partial charge in [-0.2, -0.15) is 0 Å². The summed E-state index contributed by atoms with van der Waals surface area (Å²) in [5, 5.41) is 2.97. The van der Waals surface area contributed by atoms with Crippen LogP contribution in [0.2, 0.25) is 0 Å². The second kappa shape index (κ2) is 13.7. The molecule has 0 aliphatic carbocycles. The van der Waals surface area contributed by atoms with Gasteiger partial charge in [0.2, 0.25) is 5.91 Å². The van der Waals surface area contributed by atoms with Crippen molar-refractivity contribution in [1.82, 2.24) is 15.1 Å². The van der Waals surface area contributed by atoms with Gasteiger partial charge in [0.1, 0.15) is 0 Å². The largest absolute Gasteiger partial charge is 0.355 e. The Hall–Kier alpha value is -0.560. The number of benzene rings is 1. The highest BCUT2D eigenvalue weighted by atomic mass is 35.5. The molecule has 0 aromatic heterocycles. The van der Waals surface area contributed by atoms with Crippen LogP contribution in [0, 0.1) is 0 Å². The van der Waals surface area contributed by atoms with Crippen LogP contribution in [-0.4, -0.2) is 62.0 Å². The first kappa shape index (κ1) is 25.7. The third-order valence-corrected chi connectivity index (χ3v) is 3.98. The topological polar surface area (TPSA) is 61.6 Å². The van der Waals surface area contributed by atoms with Gasteiger partial charge in [-0.1, -0.05) is 30.3 Å². The Bertz CT molecular complexity index is 442. The number of halogens is 3. The Morgan fingerprint density at radius 1 is 1.12 bits per heavy atom. The minimum atomic E-state index is -0.227. The number of hydrogen-bond acceptors (Lipinski definition) is 4. The van der Waals surface area contributed by atoms with Crippen LogP contribution in [0.4, 0.5) is 0 Å². The van der Waals surface area contributed by atoms with E-state index in [0.717, 1.165) is 38.3 Å². The summed E-state index contributed by atoms with van der Waals surface area (Å²) in [6.45, 7) is 5.98. The van der Waals surface area contributed by atoms with Crippen molar-refractivity contribution in [2.24, 2.45) is 5.73 Å². The molecule has 1 aliphatic heterocycles. The lowest BCUT2D eigenvalue weighted by atomic mass is 10.0. The molecular weight excluding hydrogens is 371 g/mol. The fourth-order valence-corrected chi connectivity index (χ4v) is 2.51. The van der Waals surface area contributed by atoms with Crippen molar-refractivity contribution in [2.45, 2.75) is 12.5 Å². The van der Waals surface area contributed by atoms with E-state index in [4.69, 9.17) is 5.73 Å². The molecule has 0 radical (unpaired) electrons. The zero-order valence-electron chi connectivity index (χ0n) is 14.0. The zero-order chi connectivity index (χ0) is 15.1. The number of amides is 1. The number of carbonyl (C=O) groups is 1. The first-order valence-corrected chi connectivity index (χ1v) is 7.63. The molecule has 3 N–H and O–H groups in total. The molecule has 1 saturated heterocycles. The van der Waals surface area contributed by atoms with Crippen molar-refractivity contribution in [1.29, 1.82) is 0 Å². The summed E-state index contributed by atoms with van der Waals surface area (Å²) in [5.41, 5.74) is 7.06. The number of nitrogens with two attached hydrogens (primary N) is 1. The summed E-state index contributed by atoms with van der Waals surface area (Å²) in [4.78, 5) is 16.6. The van der Waals surface area contributed by atoms with E-state index in [1.165, 1.54) is 0 Å². The van der Waals surface area contributed by atoms with Gasteiger partial charge in [0, 0.05) is 51.7 Å². The lowest BCUT2D eigenvalue weighted by Gasteiger charge is -2.32. The third kappa shape index (κ3) is 9.06. The molecule has 2 rings (SSSR count). The Balaban J connectivity index is 0. The van der Waals surface area contributed by atoms with Gasteiger partial charge < -0.3 is 16.0 Å². The van der Waals surface area contributed by atoms with Gasteiger partial charge in [-0.3, -0.25) is 9.69 Å². The second-order valence-corrected chi connectivity index (χ2v) is 5.72. The molecule has 1 heterocycles. The number of rotatable bonds is 6. The smallest absolute Gasteiger partial charge is 0.221 e. The van der Waals surface area contributed by atoms with Crippen LogP contribution >= 0.6 is 37.2 Å². The van der Waals surface area contributed by atoms with Gasteiger partial charge in [0.25, 0.3) is 0 Å². The van der Waals surface area contributed by atoms with E-state index in [-0.39, 0.29) is 49.2 Å². The molecule has 5 nitrogen and oxygen atoms in total. The maximum absolute atomic E-state index is 11.9. The van der Waals surface area contributed by atoms with E-state index in [9.17, 15) is 4.79 Å². The lowest BCUT2D eigenvalue weighted by molar-refractivity contribution is -0.121. The van der Waals surface area contributed by atoms with Crippen LogP contribution < -0.4 is 11.1 Å². The van der Waals surface area contributed by atoms with Crippen molar-refractivity contribution in [3.05, 3.63) is 35.9 Å². The first-order valence-electron chi connectivity index (χ1n) is 7.63. The van der Waals surface area contributed by atoms with Crippen LogP contribution in [0.15, 0.2) is 30.3 Å². The zero-order valence-corrected chi connectivity index (χ0v) is 16.5. The number of carbonyl (C=O) groups excluding carboxylic acids is 1. The fraction of sp³-hybridized carbons (Fsp3) is 0.562. The predicted octanol–water partition coefficient (Wildman–Crippen LogP) is 1.71. The monoisotopic (exact) mass is 398 g/mol. The van der Waals surface area contributed by atoms with Gasteiger partial charge in [0.15, 0.2) is 0 Å². The molecule has 24 heavy (non-hydrogen) atoms. The van der Waals surface area contributed by atoms with Crippen molar-refractivity contribution in [3.63, 3.8) is 0 Å². The van der Waals surface area contributed by atoms with Crippen molar-refractivity contribution < 1.29 is 4.79 Å². The van der Waals surface area contributed by atoms with Crippen molar-refractivity contribution >= 4 is 43.1 Å². The standard InChI is InChI=1S/C16H26N4O.3ClH/c1-19-9-11-20(12-10-19)8-7-18-16(21)13-15(17)14-5-3-2-4-6-14;;;/h2-6,15H,7-13,17H2,1H3,(H,18,21);3*1H. The normalized spacial score (nSPS) is 16.1. The average Bonchev–Trinajstić information content (AvgIpc) is 2.50. The van der Waals surface area contributed by atoms with Crippen LogP contribution in [-0.2, 0) is 4.79 Å². The highest BCUT2D eigenvalue weighted by Crippen LogP contribution is 2.12. The number of nitrogens with zero attached hydrogens (tertiary/aromatic N) is 2. The van der Waals surface area contributed by atoms with Crippen LogP contribution in [0.1, 0.15) is 18.0 Å². The summed E-state index contributed by atoms with van der Waals surface area (Å²) >= 11 is 0. The minimum absolute atomic E-state index is 0. The molecule has 8 heteroatoms. The van der Waals surface area contributed by atoms with E-state index in [1.54, 1.807) is 0 Å². The Morgan fingerprint density at radius 3 is 2.29 bits per heavy atom. The average molecular weight is 400 g/mol. The first-order chi connectivity index (χ1) is 10.1. The summed E-state index contributed by atoms with van der Waals surface area (Å²) in [6.07, 6.45) is 0.340. The summed E-state index contributed by atoms with van der Waals surface area (Å²) in [6, 6.07) is 9.53. The molecule has 140 valence electrons. The Morgan fingerprint density at radius 2 is 1.71 bits per heavy atom. The van der Waals surface area contributed by atoms with Crippen molar-refractivity contribution in [3.8, 4) is 0 Å². The molecule has 1 atom stereocenters. The molecule has 1 fully saturated rings. The molecule has 1 aromatic rings. The SMILES string of the molecule is CN1CCN(CCNC(=O)CC(N)c2ccccc2)CC1.Cl.Cl.Cl. The van der Waals surface area contributed by atoms with E-state index < -0.39 is 0 Å². The fourth-order valence-electron chi connectivity index (χ4n) is 2.51. The molecule has 0 saturated carbocycles. The van der Waals surface area contributed by atoms with Gasteiger partial charge in [0.05, 0.1) is 0 Å². The lowest BCUT2D eigenvalue weighted by Crippen LogP contribution is -2.47. The number of hydrogen-bond donors (Lipinski definition) is 2. The highest BCUT2D eigenvalue weighted by molar-refractivity contribution is 5.86. The van der Waals surface area contributed by atoms with Gasteiger partial charge in [-0.25, -0.2) is 0 Å². The van der Waals surface area contributed by atoms with E-state index in [0.29, 0.717) is 13.0 Å². The maximum Gasteiger partial charge on any atom is 0.221 e. The van der Waals surface area contributed by atoms with Gasteiger partial charge in [-0.15, -0.1) is 37.2 Å². The predicted molar refractivity (Wildman–Crippen MR) is 107 cm³/mol. The summed E-state index contributed by atoms with van der Waals surface area (Å²) < 4.78 is 0. The Kier molecular flexibility index (Phi) is 14.7. The van der Waals surface area contributed by atoms with Crippen LogP contribution in [0.3, 0.4) is 0 Å². The van der Waals surface area contributed by atoms with Crippen LogP contribution in [0.5, 0.6) is 0 Å². The highest BCUT2D eigenvalue weighted by Gasteiger charge is 2.14. The van der Waals surface area contributed by atoms with Gasteiger partial charge in [-0.05, 0) is 12.6 Å². The quantitative estimate of drug-likeness (QED) is 0.764. The minimum Gasteiger partial charge on any atom is -0.355 e. The number of piperazine rings is 1. The van der Waals surface area contributed by atoms with Gasteiger partial charge >= 0.3 is 0 Å². The molecule has 0 spiro atoms. The van der Waals surface area contributed by atoms with Crippen molar-refractivity contribution in [2.75, 3.05) is 46.3 Å². The molecular formula is C16H29Cl3N4O. The summed E-state index contributed by atoms with van der Waals surface area (Å²) in [5.74, 6) is 0.0282. The number of likely N-dealkylation sites (N-methyl/N-ethyl adjacent to an activating group) is 1. The van der Waals surface area contributed by atoms with E-state index >= 15 is 0 Å². The molecule has 1 unspecified atom stereocenters. The summed E-state index contributed by atoms with van der Waals surface area (Å²) in [7, 11) is 2.14. The molecule has 1 aliphatic rings. The molecule has 1 amide bonds. The maximum atomic E-state index is 11.9. The second-order valence-electron chi connectivity index (χ2n) is 5.72. The molecule has 1 aromatic carbocycles. The molecule has 0 bridgehead atoms. The van der Waals surface area contributed by atoms with E-state index in [2.05, 4.69) is 22.2 Å². The number of nitrogens with one attached hydrogen (secondary N) is 1.